The highest BCUT2D eigenvalue weighted by Gasteiger charge is 2.29. The SMILES string of the molecule is Cl.O=C1CC2CNCCN2c2ccccc2N1. The normalized spacial score (nSPS) is 22.7. The number of nitrogens with zero attached hydrogens (tertiary/aromatic N) is 1. The number of benzene rings is 1. The van der Waals surface area contributed by atoms with Crippen molar-refractivity contribution >= 4 is 29.7 Å². The Morgan fingerprint density at radius 2 is 2.12 bits per heavy atom. The molecule has 92 valence electrons. The first-order valence-corrected chi connectivity index (χ1v) is 5.71. The summed E-state index contributed by atoms with van der Waals surface area (Å²) in [6, 6.07) is 8.32. The Bertz CT molecular complexity index is 424. The lowest BCUT2D eigenvalue weighted by molar-refractivity contribution is -0.116. The third-order valence-corrected chi connectivity index (χ3v) is 3.26. The number of nitrogens with one attached hydrogen (secondary N) is 2. The van der Waals surface area contributed by atoms with Gasteiger partial charge in [-0.2, -0.15) is 0 Å². The zero-order valence-corrected chi connectivity index (χ0v) is 10.3. The molecule has 2 heterocycles. The van der Waals surface area contributed by atoms with E-state index in [0.717, 1.165) is 31.0 Å². The van der Waals surface area contributed by atoms with Gasteiger partial charge in [0.2, 0.25) is 5.91 Å². The molecule has 0 aromatic heterocycles. The number of para-hydroxylation sites is 2. The van der Waals surface area contributed by atoms with Gasteiger partial charge in [0.25, 0.3) is 0 Å². The van der Waals surface area contributed by atoms with Gasteiger partial charge in [0.1, 0.15) is 0 Å². The van der Waals surface area contributed by atoms with Crippen molar-refractivity contribution in [3.05, 3.63) is 24.3 Å². The van der Waals surface area contributed by atoms with Crippen LogP contribution in [0.1, 0.15) is 6.42 Å². The second-order valence-electron chi connectivity index (χ2n) is 4.32. The molecule has 1 unspecified atom stereocenters. The van der Waals surface area contributed by atoms with E-state index in [2.05, 4.69) is 21.6 Å². The van der Waals surface area contributed by atoms with Gasteiger partial charge in [-0.05, 0) is 12.1 Å². The summed E-state index contributed by atoms with van der Waals surface area (Å²) in [6.45, 7) is 2.84. The van der Waals surface area contributed by atoms with Crippen molar-refractivity contribution in [2.75, 3.05) is 29.9 Å². The van der Waals surface area contributed by atoms with Crippen molar-refractivity contribution in [1.82, 2.24) is 5.32 Å². The molecule has 1 amide bonds. The quantitative estimate of drug-likeness (QED) is 0.731. The Kier molecular flexibility index (Phi) is 3.54. The number of piperazine rings is 1. The van der Waals surface area contributed by atoms with Crippen LogP contribution in [0, 0.1) is 0 Å². The summed E-state index contributed by atoms with van der Waals surface area (Å²) < 4.78 is 0. The highest BCUT2D eigenvalue weighted by atomic mass is 35.5. The maximum Gasteiger partial charge on any atom is 0.226 e. The standard InChI is InChI=1S/C12H15N3O.ClH/c16-12-7-9-8-13-5-6-15(9)11-4-2-1-3-10(11)14-12;/h1-4,9,13H,5-8H2,(H,14,16);1H. The molecule has 5 heteroatoms. The van der Waals surface area contributed by atoms with Crippen LogP contribution >= 0.6 is 12.4 Å². The second-order valence-corrected chi connectivity index (χ2v) is 4.32. The van der Waals surface area contributed by atoms with Crippen LogP contribution in [-0.4, -0.2) is 31.6 Å². The molecule has 1 aromatic rings. The Labute approximate surface area is 107 Å². The molecule has 3 rings (SSSR count). The average Bonchev–Trinajstić information content (AvgIpc) is 2.44. The van der Waals surface area contributed by atoms with E-state index in [1.54, 1.807) is 0 Å². The molecule has 0 saturated carbocycles. The minimum Gasteiger partial charge on any atom is -0.364 e. The summed E-state index contributed by atoms with van der Waals surface area (Å²) in [4.78, 5) is 14.1. The van der Waals surface area contributed by atoms with Crippen LogP contribution in [0.5, 0.6) is 0 Å². The number of anilines is 2. The Morgan fingerprint density at radius 1 is 1.29 bits per heavy atom. The predicted molar refractivity (Wildman–Crippen MR) is 70.9 cm³/mol. The fraction of sp³-hybridized carbons (Fsp3) is 0.417. The molecule has 1 atom stereocenters. The zero-order valence-electron chi connectivity index (χ0n) is 9.48. The van der Waals surface area contributed by atoms with Crippen molar-refractivity contribution < 1.29 is 4.79 Å². The second kappa shape index (κ2) is 4.94. The lowest BCUT2D eigenvalue weighted by atomic mass is 10.1. The first-order valence-electron chi connectivity index (χ1n) is 5.71. The van der Waals surface area contributed by atoms with E-state index in [9.17, 15) is 4.79 Å². The first kappa shape index (κ1) is 12.2. The first-order chi connectivity index (χ1) is 7.84. The monoisotopic (exact) mass is 253 g/mol. The van der Waals surface area contributed by atoms with E-state index in [1.807, 2.05) is 18.2 Å². The van der Waals surface area contributed by atoms with Crippen LogP contribution in [-0.2, 0) is 4.79 Å². The van der Waals surface area contributed by atoms with Crippen molar-refractivity contribution in [1.29, 1.82) is 0 Å². The number of hydrogen-bond donors (Lipinski definition) is 2. The average molecular weight is 254 g/mol. The number of carbonyl (C=O) groups excluding carboxylic acids is 1. The summed E-state index contributed by atoms with van der Waals surface area (Å²) in [5, 5.41) is 6.31. The van der Waals surface area contributed by atoms with E-state index < -0.39 is 0 Å². The van der Waals surface area contributed by atoms with Crippen molar-refractivity contribution in [2.24, 2.45) is 0 Å². The highest BCUT2D eigenvalue weighted by Crippen LogP contribution is 2.31. The molecule has 1 saturated heterocycles. The summed E-state index contributed by atoms with van der Waals surface area (Å²) in [5.74, 6) is 0.114. The fourth-order valence-electron chi connectivity index (χ4n) is 2.51. The Hall–Kier alpha value is -1.26. The number of hydrogen-bond acceptors (Lipinski definition) is 3. The van der Waals surface area contributed by atoms with Crippen molar-refractivity contribution in [3.8, 4) is 0 Å². The van der Waals surface area contributed by atoms with Crippen LogP contribution in [0.15, 0.2) is 24.3 Å². The lowest BCUT2D eigenvalue weighted by Crippen LogP contribution is -2.51. The van der Waals surface area contributed by atoms with Gasteiger partial charge in [-0.3, -0.25) is 4.79 Å². The van der Waals surface area contributed by atoms with E-state index in [4.69, 9.17) is 0 Å². The number of halogens is 1. The van der Waals surface area contributed by atoms with Crippen LogP contribution < -0.4 is 15.5 Å². The smallest absolute Gasteiger partial charge is 0.226 e. The number of rotatable bonds is 0. The van der Waals surface area contributed by atoms with E-state index in [0.29, 0.717) is 6.42 Å². The molecule has 0 spiro atoms. The molecular formula is C12H16ClN3O. The van der Waals surface area contributed by atoms with Gasteiger partial charge in [0.15, 0.2) is 0 Å². The Balaban J connectivity index is 0.00000108. The molecule has 1 aromatic carbocycles. The van der Waals surface area contributed by atoms with Gasteiger partial charge in [0.05, 0.1) is 17.4 Å². The van der Waals surface area contributed by atoms with Gasteiger partial charge in [-0.15, -0.1) is 12.4 Å². The zero-order chi connectivity index (χ0) is 11.0. The topological polar surface area (TPSA) is 44.4 Å². The predicted octanol–water partition coefficient (Wildman–Crippen LogP) is 1.23. The Morgan fingerprint density at radius 3 is 3.00 bits per heavy atom. The van der Waals surface area contributed by atoms with E-state index in [-0.39, 0.29) is 24.4 Å². The molecule has 2 aliphatic rings. The summed E-state index contributed by atoms with van der Waals surface area (Å²) in [7, 11) is 0. The summed E-state index contributed by atoms with van der Waals surface area (Å²) in [5.41, 5.74) is 2.09. The highest BCUT2D eigenvalue weighted by molar-refractivity contribution is 5.96. The summed E-state index contributed by atoms with van der Waals surface area (Å²) in [6.07, 6.45) is 0.571. The van der Waals surface area contributed by atoms with Gasteiger partial charge in [-0.1, -0.05) is 12.1 Å². The van der Waals surface area contributed by atoms with Crippen molar-refractivity contribution in [3.63, 3.8) is 0 Å². The lowest BCUT2D eigenvalue weighted by Gasteiger charge is -2.36. The van der Waals surface area contributed by atoms with Crippen LogP contribution in [0.4, 0.5) is 11.4 Å². The van der Waals surface area contributed by atoms with Gasteiger partial charge in [0, 0.05) is 26.1 Å². The fourth-order valence-corrected chi connectivity index (χ4v) is 2.51. The molecule has 4 nitrogen and oxygen atoms in total. The minimum absolute atomic E-state index is 0. The molecule has 0 bridgehead atoms. The maximum absolute atomic E-state index is 11.7. The van der Waals surface area contributed by atoms with Gasteiger partial charge < -0.3 is 15.5 Å². The largest absolute Gasteiger partial charge is 0.364 e. The maximum atomic E-state index is 11.7. The van der Waals surface area contributed by atoms with E-state index in [1.165, 1.54) is 0 Å². The molecule has 2 N–H and O–H groups in total. The molecule has 17 heavy (non-hydrogen) atoms. The third-order valence-electron chi connectivity index (χ3n) is 3.26. The van der Waals surface area contributed by atoms with Crippen LogP contribution in [0.2, 0.25) is 0 Å². The van der Waals surface area contributed by atoms with Gasteiger partial charge in [-0.25, -0.2) is 0 Å². The number of amides is 1. The molecule has 1 fully saturated rings. The number of carbonyl (C=O) groups is 1. The summed E-state index contributed by atoms with van der Waals surface area (Å²) >= 11 is 0. The van der Waals surface area contributed by atoms with Crippen LogP contribution in [0.25, 0.3) is 0 Å². The molecular weight excluding hydrogens is 238 g/mol. The van der Waals surface area contributed by atoms with Crippen LogP contribution in [0.3, 0.4) is 0 Å². The van der Waals surface area contributed by atoms with Gasteiger partial charge >= 0.3 is 0 Å². The molecule has 0 radical (unpaired) electrons. The third kappa shape index (κ3) is 2.23. The van der Waals surface area contributed by atoms with Crippen molar-refractivity contribution in [2.45, 2.75) is 12.5 Å². The van der Waals surface area contributed by atoms with E-state index >= 15 is 0 Å². The molecule has 0 aliphatic carbocycles. The minimum atomic E-state index is 0. The number of fused-ring (bicyclic) bond motifs is 3. The molecule has 2 aliphatic heterocycles.